The molecule has 1 aliphatic heterocycles. The molecule has 0 unspecified atom stereocenters. The monoisotopic (exact) mass is 281 g/mol. The molecule has 7 heteroatoms. The molecule has 0 fully saturated rings. The van der Waals surface area contributed by atoms with Gasteiger partial charge in [-0.25, -0.2) is 13.4 Å². The van der Waals surface area contributed by atoms with E-state index in [1.807, 2.05) is 0 Å². The van der Waals surface area contributed by atoms with Crippen LogP contribution in [-0.2, 0) is 23.1 Å². The SMILES string of the molecule is Nc1nc2c(s1)CN(S(=O)(=O)c1ccccc1)C2. The second kappa shape index (κ2) is 4.04. The Balaban J connectivity index is 1.92. The van der Waals surface area contributed by atoms with Crippen molar-refractivity contribution in [2.45, 2.75) is 18.0 Å². The summed E-state index contributed by atoms with van der Waals surface area (Å²) in [4.78, 5) is 5.39. The maximum Gasteiger partial charge on any atom is 0.243 e. The van der Waals surface area contributed by atoms with Gasteiger partial charge in [-0.05, 0) is 12.1 Å². The summed E-state index contributed by atoms with van der Waals surface area (Å²) in [6.45, 7) is 0.668. The number of nitrogens with zero attached hydrogens (tertiary/aromatic N) is 2. The molecule has 0 amide bonds. The van der Waals surface area contributed by atoms with Gasteiger partial charge in [-0.1, -0.05) is 18.2 Å². The number of aromatic nitrogens is 1. The Morgan fingerprint density at radius 1 is 1.22 bits per heavy atom. The summed E-state index contributed by atoms with van der Waals surface area (Å²) in [5.74, 6) is 0. The van der Waals surface area contributed by atoms with Crippen molar-refractivity contribution >= 4 is 26.5 Å². The molecule has 0 saturated heterocycles. The topological polar surface area (TPSA) is 76.3 Å². The molecule has 2 heterocycles. The summed E-state index contributed by atoms with van der Waals surface area (Å²) >= 11 is 1.35. The Hall–Kier alpha value is -1.44. The lowest BCUT2D eigenvalue weighted by Crippen LogP contribution is -2.25. The molecule has 0 radical (unpaired) electrons. The van der Waals surface area contributed by atoms with Gasteiger partial charge in [-0.3, -0.25) is 0 Å². The summed E-state index contributed by atoms with van der Waals surface area (Å²) in [6.07, 6.45) is 0. The predicted molar refractivity (Wildman–Crippen MR) is 69.4 cm³/mol. The number of fused-ring (bicyclic) bond motifs is 1. The third kappa shape index (κ3) is 1.80. The van der Waals surface area contributed by atoms with Gasteiger partial charge in [0.25, 0.3) is 0 Å². The Labute approximate surface area is 109 Å². The van der Waals surface area contributed by atoms with Gasteiger partial charge in [-0.15, -0.1) is 11.3 Å². The van der Waals surface area contributed by atoms with Gasteiger partial charge in [-0.2, -0.15) is 4.31 Å². The smallest absolute Gasteiger partial charge is 0.243 e. The van der Waals surface area contributed by atoms with Crippen molar-refractivity contribution in [3.63, 3.8) is 0 Å². The Bertz CT molecular complexity index is 656. The van der Waals surface area contributed by atoms with Crippen LogP contribution in [0.15, 0.2) is 35.2 Å². The van der Waals surface area contributed by atoms with Crippen molar-refractivity contribution in [1.82, 2.24) is 9.29 Å². The number of sulfonamides is 1. The first-order valence-corrected chi connectivity index (χ1v) is 7.62. The molecular weight excluding hydrogens is 270 g/mol. The van der Waals surface area contributed by atoms with E-state index < -0.39 is 10.0 Å². The zero-order chi connectivity index (χ0) is 12.8. The van der Waals surface area contributed by atoms with Gasteiger partial charge < -0.3 is 5.73 Å². The van der Waals surface area contributed by atoms with Gasteiger partial charge in [0.05, 0.1) is 23.7 Å². The van der Waals surface area contributed by atoms with Crippen LogP contribution in [-0.4, -0.2) is 17.7 Å². The lowest BCUT2D eigenvalue weighted by Gasteiger charge is -2.15. The molecular formula is C11H11N3O2S2. The molecule has 18 heavy (non-hydrogen) atoms. The number of rotatable bonds is 2. The maximum absolute atomic E-state index is 12.4. The molecule has 1 aromatic heterocycles. The number of anilines is 1. The second-order valence-corrected chi connectivity index (χ2v) is 7.06. The van der Waals surface area contributed by atoms with E-state index in [1.165, 1.54) is 15.6 Å². The summed E-state index contributed by atoms with van der Waals surface area (Å²) in [7, 11) is -3.43. The fourth-order valence-corrected chi connectivity index (χ4v) is 4.27. The minimum Gasteiger partial charge on any atom is -0.375 e. The van der Waals surface area contributed by atoms with Gasteiger partial charge >= 0.3 is 0 Å². The molecule has 94 valence electrons. The summed E-state index contributed by atoms with van der Waals surface area (Å²) < 4.78 is 26.1. The van der Waals surface area contributed by atoms with Crippen molar-refractivity contribution in [1.29, 1.82) is 0 Å². The summed E-state index contributed by atoms with van der Waals surface area (Å²) in [6, 6.07) is 8.43. The van der Waals surface area contributed by atoms with Gasteiger partial charge in [0.2, 0.25) is 10.0 Å². The lowest BCUT2D eigenvalue weighted by atomic mass is 10.4. The average molecular weight is 281 g/mol. The van der Waals surface area contributed by atoms with Crippen LogP contribution in [0.25, 0.3) is 0 Å². The van der Waals surface area contributed by atoms with E-state index in [2.05, 4.69) is 4.98 Å². The number of hydrogen-bond donors (Lipinski definition) is 1. The van der Waals surface area contributed by atoms with E-state index in [9.17, 15) is 8.42 Å². The minimum absolute atomic E-state index is 0.306. The van der Waals surface area contributed by atoms with Crippen molar-refractivity contribution in [2.24, 2.45) is 0 Å². The second-order valence-electron chi connectivity index (χ2n) is 4.01. The highest BCUT2D eigenvalue weighted by atomic mass is 32.2. The fourth-order valence-electron chi connectivity index (χ4n) is 1.94. The van der Waals surface area contributed by atoms with E-state index >= 15 is 0 Å². The third-order valence-corrected chi connectivity index (χ3v) is 5.54. The molecule has 2 aromatic rings. The molecule has 2 N–H and O–H groups in total. The van der Waals surface area contributed by atoms with Crippen LogP contribution in [0.2, 0.25) is 0 Å². The van der Waals surface area contributed by atoms with Crippen molar-refractivity contribution in [3.05, 3.63) is 40.9 Å². The van der Waals surface area contributed by atoms with Crippen molar-refractivity contribution < 1.29 is 8.42 Å². The normalized spacial score (nSPS) is 15.8. The van der Waals surface area contributed by atoms with E-state index in [-0.39, 0.29) is 0 Å². The lowest BCUT2D eigenvalue weighted by molar-refractivity contribution is 0.430. The number of hydrogen-bond acceptors (Lipinski definition) is 5. The predicted octanol–water partition coefficient (Wildman–Crippen LogP) is 1.43. The van der Waals surface area contributed by atoms with E-state index in [0.717, 1.165) is 10.6 Å². The summed E-state index contributed by atoms with van der Waals surface area (Å²) in [5, 5.41) is 0.497. The molecule has 0 bridgehead atoms. The van der Waals surface area contributed by atoms with E-state index in [0.29, 0.717) is 23.1 Å². The van der Waals surface area contributed by atoms with Gasteiger partial charge in [0, 0.05) is 4.88 Å². The quantitative estimate of drug-likeness (QED) is 0.903. The minimum atomic E-state index is -3.43. The van der Waals surface area contributed by atoms with Crippen LogP contribution < -0.4 is 5.73 Å². The summed E-state index contributed by atoms with van der Waals surface area (Å²) in [5.41, 5.74) is 6.37. The van der Waals surface area contributed by atoms with Crippen molar-refractivity contribution in [2.75, 3.05) is 5.73 Å². The van der Waals surface area contributed by atoms with E-state index in [4.69, 9.17) is 5.73 Å². The largest absolute Gasteiger partial charge is 0.375 e. The Morgan fingerprint density at radius 3 is 2.61 bits per heavy atom. The van der Waals surface area contributed by atoms with Crippen LogP contribution in [0, 0.1) is 0 Å². The molecule has 1 aliphatic rings. The number of thiazole rings is 1. The number of nitrogen functional groups attached to an aromatic ring is 1. The standard InChI is InChI=1S/C11H11N3O2S2/c12-11-13-9-6-14(7-10(9)17-11)18(15,16)8-4-2-1-3-5-8/h1-5H,6-7H2,(H2,12,13). The van der Waals surface area contributed by atoms with E-state index in [1.54, 1.807) is 30.3 Å². The zero-order valence-corrected chi connectivity index (χ0v) is 11.0. The van der Waals surface area contributed by atoms with Crippen LogP contribution >= 0.6 is 11.3 Å². The highest BCUT2D eigenvalue weighted by Gasteiger charge is 2.32. The fraction of sp³-hybridized carbons (Fsp3) is 0.182. The molecule has 0 spiro atoms. The first kappa shape index (κ1) is 11.6. The molecule has 0 aliphatic carbocycles. The first-order chi connectivity index (χ1) is 8.57. The average Bonchev–Trinajstić information content (AvgIpc) is 2.87. The Morgan fingerprint density at radius 2 is 1.94 bits per heavy atom. The van der Waals surface area contributed by atoms with Gasteiger partial charge in [0.1, 0.15) is 0 Å². The molecule has 0 atom stereocenters. The highest BCUT2D eigenvalue weighted by molar-refractivity contribution is 7.89. The third-order valence-electron chi connectivity index (χ3n) is 2.82. The van der Waals surface area contributed by atoms with Crippen molar-refractivity contribution in [3.8, 4) is 0 Å². The molecule has 1 aromatic carbocycles. The zero-order valence-electron chi connectivity index (χ0n) is 9.41. The van der Waals surface area contributed by atoms with Crippen LogP contribution in [0.3, 0.4) is 0 Å². The van der Waals surface area contributed by atoms with Crippen LogP contribution in [0.4, 0.5) is 5.13 Å². The molecule has 3 rings (SSSR count). The molecule has 5 nitrogen and oxygen atoms in total. The first-order valence-electron chi connectivity index (χ1n) is 5.36. The molecule has 0 saturated carbocycles. The van der Waals surface area contributed by atoms with Crippen LogP contribution in [0.1, 0.15) is 10.6 Å². The highest BCUT2D eigenvalue weighted by Crippen LogP contribution is 2.32. The van der Waals surface area contributed by atoms with Gasteiger partial charge in [0.15, 0.2) is 5.13 Å². The Kier molecular flexibility index (Phi) is 2.61. The number of nitrogens with two attached hydrogens (primary N) is 1. The van der Waals surface area contributed by atoms with Crippen LogP contribution in [0.5, 0.6) is 0 Å². The maximum atomic E-state index is 12.4. The number of benzene rings is 1.